The van der Waals surface area contributed by atoms with Crippen LogP contribution in [0.4, 0.5) is 5.69 Å². The minimum atomic E-state index is -0.704. The van der Waals surface area contributed by atoms with Crippen molar-refractivity contribution in [3.63, 3.8) is 0 Å². The van der Waals surface area contributed by atoms with E-state index in [2.05, 4.69) is 9.98 Å². The lowest BCUT2D eigenvalue weighted by Crippen LogP contribution is -2.31. The molecule has 0 saturated carbocycles. The zero-order valence-corrected chi connectivity index (χ0v) is 14.8. The lowest BCUT2D eigenvalue weighted by atomic mass is 10.1. The van der Waals surface area contributed by atoms with Crippen LogP contribution in [0.2, 0.25) is 0 Å². The summed E-state index contributed by atoms with van der Waals surface area (Å²) in [5.74, 6) is -0.444. The Morgan fingerprint density at radius 2 is 1.73 bits per heavy atom. The highest BCUT2D eigenvalue weighted by Gasteiger charge is 2.15. The van der Waals surface area contributed by atoms with Crippen LogP contribution in [-0.2, 0) is 0 Å². The molecule has 3 rings (SSSR count). The summed E-state index contributed by atoms with van der Waals surface area (Å²) in [5.41, 5.74) is 2.67. The van der Waals surface area contributed by atoms with Crippen LogP contribution >= 0.6 is 0 Å². The predicted molar refractivity (Wildman–Crippen MR) is 102 cm³/mol. The first kappa shape index (κ1) is 17.4. The summed E-state index contributed by atoms with van der Waals surface area (Å²) in [6, 6.07) is 12.7. The van der Waals surface area contributed by atoms with Gasteiger partial charge in [0.05, 0.1) is 11.4 Å². The molecule has 0 saturated heterocycles. The Morgan fingerprint density at radius 3 is 2.42 bits per heavy atom. The molecule has 1 aromatic heterocycles. The molecule has 0 aliphatic carbocycles. The maximum absolute atomic E-state index is 12.2. The molecule has 6 heteroatoms. The number of hydrogen-bond donors (Lipinski definition) is 2. The lowest BCUT2D eigenvalue weighted by molar-refractivity contribution is 0.430. The van der Waals surface area contributed by atoms with Gasteiger partial charge in [-0.1, -0.05) is 24.3 Å². The van der Waals surface area contributed by atoms with Gasteiger partial charge in [-0.3, -0.25) is 14.8 Å². The van der Waals surface area contributed by atoms with Gasteiger partial charge in [0.15, 0.2) is 0 Å². The standard InChI is InChI=1S/C20H19N3O3/c1-12-8-9-15(10-14(12)3)21-11-16-18(24)22-20(26)23(19(16)25)17-7-5-4-6-13(17)2/h4-11,25H,1-3H3,(H,22,24,26). The zero-order valence-electron chi connectivity index (χ0n) is 14.8. The third kappa shape index (κ3) is 3.21. The van der Waals surface area contributed by atoms with Crippen LogP contribution in [0, 0.1) is 20.8 Å². The number of H-pyrrole nitrogens is 1. The van der Waals surface area contributed by atoms with Gasteiger partial charge in [-0.05, 0) is 55.7 Å². The number of aryl methyl sites for hydroxylation is 3. The quantitative estimate of drug-likeness (QED) is 0.713. The fourth-order valence-electron chi connectivity index (χ4n) is 2.64. The van der Waals surface area contributed by atoms with Crippen molar-refractivity contribution in [1.82, 2.24) is 9.55 Å². The summed E-state index contributed by atoms with van der Waals surface area (Å²) in [4.78, 5) is 30.9. The van der Waals surface area contributed by atoms with E-state index >= 15 is 0 Å². The fraction of sp³-hybridized carbons (Fsp3) is 0.150. The van der Waals surface area contributed by atoms with E-state index in [1.54, 1.807) is 12.1 Å². The molecule has 0 aliphatic rings. The highest BCUT2D eigenvalue weighted by molar-refractivity contribution is 5.84. The molecule has 132 valence electrons. The number of nitrogens with zero attached hydrogens (tertiary/aromatic N) is 2. The number of nitrogens with one attached hydrogen (secondary N) is 1. The number of benzene rings is 2. The van der Waals surface area contributed by atoms with Gasteiger partial charge in [-0.25, -0.2) is 9.36 Å². The number of rotatable bonds is 3. The van der Waals surface area contributed by atoms with Crippen molar-refractivity contribution in [2.24, 2.45) is 4.99 Å². The first-order valence-electron chi connectivity index (χ1n) is 8.14. The molecule has 0 spiro atoms. The third-order valence-electron chi connectivity index (χ3n) is 4.31. The average Bonchev–Trinajstić information content (AvgIpc) is 2.59. The van der Waals surface area contributed by atoms with Crippen LogP contribution in [0.25, 0.3) is 5.69 Å². The molecule has 0 unspecified atom stereocenters. The van der Waals surface area contributed by atoms with Crippen molar-refractivity contribution in [1.29, 1.82) is 0 Å². The van der Waals surface area contributed by atoms with Crippen LogP contribution in [0.5, 0.6) is 5.88 Å². The molecule has 2 N–H and O–H groups in total. The Bertz CT molecular complexity index is 1120. The second-order valence-corrected chi connectivity index (χ2v) is 6.15. The average molecular weight is 349 g/mol. The Labute approximate surface area is 150 Å². The topological polar surface area (TPSA) is 87.4 Å². The van der Waals surface area contributed by atoms with Crippen LogP contribution < -0.4 is 11.2 Å². The van der Waals surface area contributed by atoms with Gasteiger partial charge in [-0.15, -0.1) is 0 Å². The Hall–Kier alpha value is -3.41. The summed E-state index contributed by atoms with van der Waals surface area (Å²) in [7, 11) is 0. The van der Waals surface area contributed by atoms with Gasteiger partial charge in [-0.2, -0.15) is 0 Å². The molecular formula is C20H19N3O3. The summed E-state index contributed by atoms with van der Waals surface area (Å²) in [6.07, 6.45) is 1.27. The molecule has 3 aromatic rings. The number of para-hydroxylation sites is 1. The van der Waals surface area contributed by atoms with Gasteiger partial charge >= 0.3 is 5.69 Å². The fourth-order valence-corrected chi connectivity index (χ4v) is 2.64. The summed E-state index contributed by atoms with van der Waals surface area (Å²) >= 11 is 0. The van der Waals surface area contributed by atoms with E-state index in [0.717, 1.165) is 21.3 Å². The second kappa shape index (κ2) is 6.84. The largest absolute Gasteiger partial charge is 0.493 e. The van der Waals surface area contributed by atoms with Crippen LogP contribution in [0.15, 0.2) is 57.0 Å². The summed E-state index contributed by atoms with van der Waals surface area (Å²) in [5, 5.41) is 10.6. The second-order valence-electron chi connectivity index (χ2n) is 6.15. The first-order valence-corrected chi connectivity index (χ1v) is 8.14. The van der Waals surface area contributed by atoms with E-state index in [0.29, 0.717) is 11.4 Å². The molecule has 1 heterocycles. The highest BCUT2D eigenvalue weighted by atomic mass is 16.3. The normalized spacial score (nSPS) is 11.2. The van der Waals surface area contributed by atoms with Gasteiger partial charge in [0.2, 0.25) is 5.88 Å². The molecule has 0 amide bonds. The summed E-state index contributed by atoms with van der Waals surface area (Å²) in [6.45, 7) is 5.78. The smallest absolute Gasteiger partial charge is 0.335 e. The maximum atomic E-state index is 12.2. The molecule has 2 aromatic carbocycles. The zero-order chi connectivity index (χ0) is 18.8. The highest BCUT2D eigenvalue weighted by Crippen LogP contribution is 2.20. The minimum Gasteiger partial charge on any atom is -0.493 e. The van der Waals surface area contributed by atoms with Gasteiger partial charge in [0, 0.05) is 6.21 Å². The predicted octanol–water partition coefficient (Wildman–Crippen LogP) is 2.91. The van der Waals surface area contributed by atoms with E-state index in [1.807, 2.05) is 51.1 Å². The van der Waals surface area contributed by atoms with E-state index in [1.165, 1.54) is 6.21 Å². The Balaban J connectivity index is 2.14. The Kier molecular flexibility index (Phi) is 4.58. The molecule has 0 atom stereocenters. The van der Waals surface area contributed by atoms with Gasteiger partial charge < -0.3 is 5.11 Å². The van der Waals surface area contributed by atoms with Crippen molar-refractivity contribution in [2.45, 2.75) is 20.8 Å². The minimum absolute atomic E-state index is 0.0777. The molecule has 0 aliphatic heterocycles. The molecular weight excluding hydrogens is 330 g/mol. The van der Waals surface area contributed by atoms with Crippen molar-refractivity contribution in [3.05, 3.63) is 85.6 Å². The van der Waals surface area contributed by atoms with Crippen LogP contribution in [0.1, 0.15) is 22.3 Å². The maximum Gasteiger partial charge on any atom is 0.335 e. The van der Waals surface area contributed by atoms with E-state index < -0.39 is 17.1 Å². The van der Waals surface area contributed by atoms with Crippen LogP contribution in [-0.4, -0.2) is 20.9 Å². The van der Waals surface area contributed by atoms with Crippen LogP contribution in [0.3, 0.4) is 0 Å². The molecule has 0 fully saturated rings. The molecule has 0 radical (unpaired) electrons. The monoisotopic (exact) mass is 349 g/mol. The van der Waals surface area contributed by atoms with Gasteiger partial charge in [0.1, 0.15) is 5.56 Å². The van der Waals surface area contributed by atoms with Crippen molar-refractivity contribution < 1.29 is 5.11 Å². The molecule has 26 heavy (non-hydrogen) atoms. The Morgan fingerprint density at radius 1 is 1.00 bits per heavy atom. The number of aromatic nitrogens is 2. The third-order valence-corrected chi connectivity index (χ3v) is 4.31. The first-order chi connectivity index (χ1) is 12.4. The van der Waals surface area contributed by atoms with E-state index in [9.17, 15) is 14.7 Å². The molecule has 6 nitrogen and oxygen atoms in total. The number of aliphatic imine (C=N–C) groups is 1. The van der Waals surface area contributed by atoms with Crippen molar-refractivity contribution in [3.8, 4) is 11.6 Å². The van der Waals surface area contributed by atoms with Gasteiger partial charge in [0.25, 0.3) is 5.56 Å². The number of hydrogen-bond acceptors (Lipinski definition) is 4. The van der Waals surface area contributed by atoms with E-state index in [-0.39, 0.29) is 5.56 Å². The van der Waals surface area contributed by atoms with Crippen molar-refractivity contribution in [2.75, 3.05) is 0 Å². The lowest BCUT2D eigenvalue weighted by Gasteiger charge is -2.11. The number of aromatic hydroxyl groups is 1. The van der Waals surface area contributed by atoms with E-state index in [4.69, 9.17) is 0 Å². The SMILES string of the molecule is Cc1ccc(N=Cc2c(O)n(-c3ccccc3C)c(=O)[nH]c2=O)cc1C. The van der Waals surface area contributed by atoms with Crippen molar-refractivity contribution >= 4 is 11.9 Å². The number of aromatic amines is 1. The molecule has 0 bridgehead atoms. The summed E-state index contributed by atoms with van der Waals surface area (Å²) < 4.78 is 1.07.